The van der Waals surface area contributed by atoms with Gasteiger partial charge in [0.15, 0.2) is 11.7 Å². The van der Waals surface area contributed by atoms with Crippen molar-refractivity contribution in [3.8, 4) is 5.75 Å². The van der Waals surface area contributed by atoms with E-state index in [9.17, 15) is 14.9 Å². The molecule has 3 N–H and O–H groups in total. The number of benzene rings is 1. The molecule has 2 aromatic rings. The molecule has 1 amide bonds. The first kappa shape index (κ1) is 15.7. The molecule has 0 saturated heterocycles. The lowest BCUT2D eigenvalue weighted by atomic mass is 10.1. The summed E-state index contributed by atoms with van der Waals surface area (Å²) in [6, 6.07) is 7.27. The number of amides is 1. The van der Waals surface area contributed by atoms with Gasteiger partial charge in [0.05, 0.1) is 4.92 Å². The Morgan fingerprint density at radius 2 is 2.14 bits per heavy atom. The zero-order valence-corrected chi connectivity index (χ0v) is 12.3. The van der Waals surface area contributed by atoms with Gasteiger partial charge in [0.25, 0.3) is 5.91 Å². The fourth-order valence-electron chi connectivity index (χ4n) is 1.65. The van der Waals surface area contributed by atoms with Crippen molar-refractivity contribution in [3.63, 3.8) is 0 Å². The van der Waals surface area contributed by atoms with Crippen LogP contribution in [-0.2, 0) is 11.2 Å². The Morgan fingerprint density at radius 3 is 2.73 bits per heavy atom. The summed E-state index contributed by atoms with van der Waals surface area (Å²) in [6.07, 6.45) is 1.96. The number of carbonyl (C=O) groups is 1. The summed E-state index contributed by atoms with van der Waals surface area (Å²) < 4.78 is 5.16. The second-order valence-electron chi connectivity index (χ2n) is 4.34. The van der Waals surface area contributed by atoms with Crippen molar-refractivity contribution >= 4 is 27.4 Å². The van der Waals surface area contributed by atoms with Crippen LogP contribution >= 0.6 is 11.3 Å². The zero-order valence-electron chi connectivity index (χ0n) is 11.5. The second kappa shape index (κ2) is 7.36. The summed E-state index contributed by atoms with van der Waals surface area (Å²) in [5.74, 6) is 0.0527. The van der Waals surface area contributed by atoms with Gasteiger partial charge < -0.3 is 15.8 Å². The highest BCUT2D eigenvalue weighted by molar-refractivity contribution is 7.18. The maximum atomic E-state index is 10.6. The van der Waals surface area contributed by atoms with Crippen LogP contribution in [0.15, 0.2) is 30.5 Å². The van der Waals surface area contributed by atoms with Gasteiger partial charge in [-0.25, -0.2) is 4.98 Å². The number of carbonyl (C=O) groups excluding carboxylic acids is 1. The molecule has 2 rings (SSSR count). The molecule has 0 aliphatic carbocycles. The van der Waals surface area contributed by atoms with Gasteiger partial charge in [0, 0.05) is 6.54 Å². The highest BCUT2D eigenvalue weighted by Gasteiger charge is 2.10. The number of primary amides is 1. The van der Waals surface area contributed by atoms with Crippen LogP contribution in [0.2, 0.25) is 0 Å². The lowest BCUT2D eigenvalue weighted by molar-refractivity contribution is -0.380. The summed E-state index contributed by atoms with van der Waals surface area (Å²) in [7, 11) is 0. The highest BCUT2D eigenvalue weighted by atomic mass is 32.1. The molecule has 0 spiro atoms. The van der Waals surface area contributed by atoms with Crippen molar-refractivity contribution in [3.05, 3.63) is 46.1 Å². The Bertz CT molecular complexity index is 656. The number of rotatable bonds is 8. The van der Waals surface area contributed by atoms with Gasteiger partial charge in [-0.1, -0.05) is 12.1 Å². The van der Waals surface area contributed by atoms with Crippen LogP contribution in [0.25, 0.3) is 0 Å². The van der Waals surface area contributed by atoms with E-state index in [2.05, 4.69) is 10.3 Å². The van der Waals surface area contributed by atoms with E-state index >= 15 is 0 Å². The lowest BCUT2D eigenvalue weighted by Gasteiger charge is -2.06. The van der Waals surface area contributed by atoms with E-state index in [-0.39, 0.29) is 11.6 Å². The Labute approximate surface area is 130 Å². The van der Waals surface area contributed by atoms with Crippen LogP contribution in [0, 0.1) is 10.1 Å². The van der Waals surface area contributed by atoms with Crippen LogP contribution in [0.3, 0.4) is 0 Å². The van der Waals surface area contributed by atoms with E-state index in [0.29, 0.717) is 17.4 Å². The van der Waals surface area contributed by atoms with Gasteiger partial charge in [0.2, 0.25) is 0 Å². The van der Waals surface area contributed by atoms with Crippen molar-refractivity contribution in [2.24, 2.45) is 5.73 Å². The molecule has 22 heavy (non-hydrogen) atoms. The molecule has 1 heterocycles. The van der Waals surface area contributed by atoms with Gasteiger partial charge in [-0.05, 0) is 35.5 Å². The SMILES string of the molecule is NC(=O)COc1ccc(CCNc2ncc([N+](=O)[O-])s2)cc1. The minimum absolute atomic E-state index is 0.0125. The molecular formula is C13H14N4O4S. The molecule has 9 heteroatoms. The third-order valence-electron chi connectivity index (χ3n) is 2.67. The van der Waals surface area contributed by atoms with Gasteiger partial charge in [0.1, 0.15) is 11.9 Å². The van der Waals surface area contributed by atoms with Crippen molar-refractivity contribution in [2.45, 2.75) is 6.42 Å². The zero-order chi connectivity index (χ0) is 15.9. The molecule has 0 bridgehead atoms. The summed E-state index contributed by atoms with van der Waals surface area (Å²) in [4.78, 5) is 24.6. The van der Waals surface area contributed by atoms with Crippen molar-refractivity contribution < 1.29 is 14.5 Å². The maximum Gasteiger partial charge on any atom is 0.345 e. The molecule has 1 aromatic heterocycles. The van der Waals surface area contributed by atoms with E-state index in [1.54, 1.807) is 12.1 Å². The number of nitrogens with two attached hydrogens (primary N) is 1. The molecule has 0 atom stereocenters. The number of thiazole rings is 1. The molecule has 0 aliphatic rings. The van der Waals surface area contributed by atoms with Gasteiger partial charge in [-0.15, -0.1) is 0 Å². The molecule has 8 nitrogen and oxygen atoms in total. The predicted molar refractivity (Wildman–Crippen MR) is 82.1 cm³/mol. The van der Waals surface area contributed by atoms with E-state index in [1.165, 1.54) is 6.20 Å². The Balaban J connectivity index is 1.78. The number of hydrogen-bond donors (Lipinski definition) is 2. The van der Waals surface area contributed by atoms with Crippen molar-refractivity contribution in [2.75, 3.05) is 18.5 Å². The van der Waals surface area contributed by atoms with Crippen LogP contribution in [-0.4, -0.2) is 29.0 Å². The van der Waals surface area contributed by atoms with Crippen LogP contribution in [0.5, 0.6) is 5.75 Å². The van der Waals surface area contributed by atoms with Crippen molar-refractivity contribution in [1.82, 2.24) is 4.98 Å². The standard InChI is InChI=1S/C13H14N4O4S/c14-11(18)8-21-10-3-1-9(2-4-10)5-6-15-13-16-7-12(22-13)17(19)20/h1-4,7H,5-6,8H2,(H2,14,18)(H,15,16). The number of nitro groups is 1. The minimum Gasteiger partial charge on any atom is -0.484 e. The average Bonchev–Trinajstić information content (AvgIpc) is 2.95. The first-order valence-electron chi connectivity index (χ1n) is 6.39. The van der Waals surface area contributed by atoms with Gasteiger partial charge >= 0.3 is 5.00 Å². The normalized spacial score (nSPS) is 10.2. The molecular weight excluding hydrogens is 308 g/mol. The minimum atomic E-state index is -0.522. The summed E-state index contributed by atoms with van der Waals surface area (Å²) >= 11 is 1.00. The summed E-state index contributed by atoms with van der Waals surface area (Å²) in [5.41, 5.74) is 6.05. The van der Waals surface area contributed by atoms with E-state index < -0.39 is 10.8 Å². The third kappa shape index (κ3) is 4.70. The topological polar surface area (TPSA) is 120 Å². The Hall–Kier alpha value is -2.68. The lowest BCUT2D eigenvalue weighted by Crippen LogP contribution is -2.19. The molecule has 0 radical (unpaired) electrons. The third-order valence-corrected chi connectivity index (χ3v) is 3.57. The summed E-state index contributed by atoms with van der Waals surface area (Å²) in [6.45, 7) is 0.454. The number of nitrogens with one attached hydrogen (secondary N) is 1. The largest absolute Gasteiger partial charge is 0.484 e. The first-order valence-corrected chi connectivity index (χ1v) is 7.20. The van der Waals surface area contributed by atoms with E-state index in [1.807, 2.05) is 12.1 Å². The van der Waals surface area contributed by atoms with E-state index in [0.717, 1.165) is 23.3 Å². The number of nitrogens with zero attached hydrogens (tertiary/aromatic N) is 2. The number of anilines is 1. The number of hydrogen-bond acceptors (Lipinski definition) is 7. The van der Waals surface area contributed by atoms with Crippen LogP contribution in [0.4, 0.5) is 10.1 Å². The molecule has 0 saturated carbocycles. The van der Waals surface area contributed by atoms with Crippen molar-refractivity contribution in [1.29, 1.82) is 0 Å². The summed E-state index contributed by atoms with van der Waals surface area (Å²) in [5, 5.41) is 14.1. The fraction of sp³-hybridized carbons (Fsp3) is 0.231. The fourth-order valence-corrected chi connectivity index (χ4v) is 2.31. The Kier molecular flexibility index (Phi) is 5.26. The second-order valence-corrected chi connectivity index (χ2v) is 5.35. The molecule has 0 fully saturated rings. The van der Waals surface area contributed by atoms with Gasteiger partial charge in [-0.2, -0.15) is 0 Å². The molecule has 0 aliphatic heterocycles. The molecule has 1 aromatic carbocycles. The van der Waals surface area contributed by atoms with Crippen LogP contribution < -0.4 is 15.8 Å². The molecule has 116 valence electrons. The first-order chi connectivity index (χ1) is 10.5. The molecule has 0 unspecified atom stereocenters. The highest BCUT2D eigenvalue weighted by Crippen LogP contribution is 2.24. The maximum absolute atomic E-state index is 10.6. The number of ether oxygens (including phenoxy) is 1. The number of aromatic nitrogens is 1. The average molecular weight is 322 g/mol. The van der Waals surface area contributed by atoms with E-state index in [4.69, 9.17) is 10.5 Å². The monoisotopic (exact) mass is 322 g/mol. The quantitative estimate of drug-likeness (QED) is 0.562. The predicted octanol–water partition coefficient (Wildman–Crippen LogP) is 1.57. The van der Waals surface area contributed by atoms with Crippen LogP contribution in [0.1, 0.15) is 5.56 Å². The smallest absolute Gasteiger partial charge is 0.345 e. The van der Waals surface area contributed by atoms with Gasteiger partial charge in [-0.3, -0.25) is 14.9 Å². The Morgan fingerprint density at radius 1 is 1.41 bits per heavy atom.